The maximum atomic E-state index is 12.9. The third-order valence-corrected chi connectivity index (χ3v) is 5.54. The number of amides is 1. The lowest BCUT2D eigenvalue weighted by Crippen LogP contribution is -2.33. The molecular formula is C20H24ClN3O. The third-order valence-electron chi connectivity index (χ3n) is 5.54. The number of carbonyl (C=O) groups excluding carboxylic acids is 1. The van der Waals surface area contributed by atoms with Crippen LogP contribution in [0.3, 0.4) is 0 Å². The highest BCUT2D eigenvalue weighted by atomic mass is 35.5. The highest BCUT2D eigenvalue weighted by molar-refractivity contribution is 5.95. The summed E-state index contributed by atoms with van der Waals surface area (Å²) in [6, 6.07) is 10.5. The van der Waals surface area contributed by atoms with Crippen molar-refractivity contribution in [1.82, 2.24) is 9.88 Å². The third kappa shape index (κ3) is 3.42. The van der Waals surface area contributed by atoms with Gasteiger partial charge in [-0.2, -0.15) is 0 Å². The van der Waals surface area contributed by atoms with Crippen LogP contribution in [-0.2, 0) is 0 Å². The predicted molar refractivity (Wildman–Crippen MR) is 102 cm³/mol. The Morgan fingerprint density at radius 3 is 2.76 bits per heavy atom. The molecular weight excluding hydrogens is 334 g/mol. The van der Waals surface area contributed by atoms with Crippen LogP contribution in [0.1, 0.15) is 28.8 Å². The zero-order valence-electron chi connectivity index (χ0n) is 14.4. The normalized spacial score (nSPS) is 24.7. The summed E-state index contributed by atoms with van der Waals surface area (Å²) in [4.78, 5) is 19.1. The van der Waals surface area contributed by atoms with Crippen LogP contribution in [0.15, 0.2) is 42.7 Å². The van der Waals surface area contributed by atoms with E-state index in [1.807, 2.05) is 23.2 Å². The maximum Gasteiger partial charge on any atom is 0.255 e. The van der Waals surface area contributed by atoms with Crippen molar-refractivity contribution in [1.29, 1.82) is 0 Å². The summed E-state index contributed by atoms with van der Waals surface area (Å²) < 4.78 is 0. The lowest BCUT2D eigenvalue weighted by molar-refractivity contribution is 0.0779. The molecule has 1 aliphatic carbocycles. The Balaban J connectivity index is 0.00000182. The number of hydrogen-bond donors (Lipinski definition) is 1. The van der Waals surface area contributed by atoms with Gasteiger partial charge < -0.3 is 10.6 Å². The molecule has 1 aromatic carbocycles. The van der Waals surface area contributed by atoms with Crippen LogP contribution < -0.4 is 5.73 Å². The molecule has 2 heterocycles. The first-order valence-electron chi connectivity index (χ1n) is 8.69. The number of fused-ring (bicyclic) bond motifs is 1. The Morgan fingerprint density at radius 2 is 2.00 bits per heavy atom. The van der Waals surface area contributed by atoms with E-state index in [0.29, 0.717) is 17.4 Å². The molecule has 5 heteroatoms. The van der Waals surface area contributed by atoms with Gasteiger partial charge in [-0.05, 0) is 43.2 Å². The van der Waals surface area contributed by atoms with E-state index in [-0.39, 0.29) is 24.4 Å². The number of hydrogen-bond acceptors (Lipinski definition) is 3. The molecule has 1 amide bonds. The molecule has 2 N–H and O–H groups in total. The number of aryl methyl sites for hydroxylation is 1. The van der Waals surface area contributed by atoms with Crippen molar-refractivity contribution in [3.05, 3.63) is 53.9 Å². The second-order valence-electron chi connectivity index (χ2n) is 7.21. The van der Waals surface area contributed by atoms with Crippen LogP contribution in [0.2, 0.25) is 0 Å². The van der Waals surface area contributed by atoms with Crippen LogP contribution in [0.4, 0.5) is 0 Å². The summed E-state index contributed by atoms with van der Waals surface area (Å²) in [7, 11) is 0. The van der Waals surface area contributed by atoms with Gasteiger partial charge in [0.1, 0.15) is 0 Å². The molecule has 2 fully saturated rings. The van der Waals surface area contributed by atoms with Crippen molar-refractivity contribution in [2.75, 3.05) is 13.1 Å². The minimum Gasteiger partial charge on any atom is -0.338 e. The number of likely N-dealkylation sites (tertiary alicyclic amines) is 1. The first-order chi connectivity index (χ1) is 11.6. The fourth-order valence-electron chi connectivity index (χ4n) is 4.20. The van der Waals surface area contributed by atoms with E-state index in [0.717, 1.165) is 37.1 Å². The number of nitrogens with zero attached hydrogens (tertiary/aromatic N) is 2. The molecule has 1 saturated carbocycles. The molecule has 2 aliphatic rings. The van der Waals surface area contributed by atoms with Crippen molar-refractivity contribution in [2.24, 2.45) is 17.6 Å². The SMILES string of the molecule is Cc1cccc(-c2cncc(C(=O)N3CC4CCC(N)C4C3)c2)c1.Cl. The number of aromatic nitrogens is 1. The van der Waals surface area contributed by atoms with Crippen molar-refractivity contribution in [3.63, 3.8) is 0 Å². The molecule has 4 nitrogen and oxygen atoms in total. The summed E-state index contributed by atoms with van der Waals surface area (Å²) in [5.41, 5.74) is 10.1. The van der Waals surface area contributed by atoms with Gasteiger partial charge in [-0.25, -0.2) is 0 Å². The largest absolute Gasteiger partial charge is 0.338 e. The van der Waals surface area contributed by atoms with Gasteiger partial charge in [0, 0.05) is 37.1 Å². The Kier molecular flexibility index (Phi) is 5.11. The molecule has 2 aromatic rings. The van der Waals surface area contributed by atoms with Crippen LogP contribution in [0, 0.1) is 18.8 Å². The fraction of sp³-hybridized carbons (Fsp3) is 0.400. The quantitative estimate of drug-likeness (QED) is 0.897. The van der Waals surface area contributed by atoms with Crippen LogP contribution in [0.5, 0.6) is 0 Å². The van der Waals surface area contributed by atoms with Gasteiger partial charge in [0.15, 0.2) is 0 Å². The Hall–Kier alpha value is -1.91. The number of rotatable bonds is 2. The molecule has 0 spiro atoms. The average Bonchev–Trinajstić information content (AvgIpc) is 3.17. The number of halogens is 1. The number of carbonyl (C=O) groups is 1. The van der Waals surface area contributed by atoms with Gasteiger partial charge in [0.25, 0.3) is 5.91 Å². The number of nitrogens with two attached hydrogens (primary N) is 1. The van der Waals surface area contributed by atoms with Gasteiger partial charge in [-0.3, -0.25) is 9.78 Å². The standard InChI is InChI=1S/C20H23N3O.ClH/c1-13-3-2-4-14(7-13)16-8-17(10-22-9-16)20(24)23-11-15-5-6-19(21)18(15)12-23;/h2-4,7-10,15,18-19H,5-6,11-12,21H2,1H3;1H. The molecule has 0 radical (unpaired) electrons. The monoisotopic (exact) mass is 357 g/mol. The zero-order chi connectivity index (χ0) is 16.7. The van der Waals surface area contributed by atoms with Crippen LogP contribution in [-0.4, -0.2) is 34.9 Å². The van der Waals surface area contributed by atoms with E-state index in [9.17, 15) is 4.79 Å². The van der Waals surface area contributed by atoms with Crippen molar-refractivity contribution < 1.29 is 4.79 Å². The second kappa shape index (κ2) is 7.14. The molecule has 4 rings (SSSR count). The molecule has 132 valence electrons. The van der Waals surface area contributed by atoms with Crippen LogP contribution >= 0.6 is 12.4 Å². The second-order valence-corrected chi connectivity index (χ2v) is 7.21. The van der Waals surface area contributed by atoms with Crippen molar-refractivity contribution in [2.45, 2.75) is 25.8 Å². The molecule has 1 aromatic heterocycles. The molecule has 0 bridgehead atoms. The topological polar surface area (TPSA) is 59.2 Å². The first-order valence-corrected chi connectivity index (χ1v) is 8.69. The minimum atomic E-state index is 0. The molecule has 25 heavy (non-hydrogen) atoms. The molecule has 1 saturated heterocycles. The lowest BCUT2D eigenvalue weighted by Gasteiger charge is -2.19. The summed E-state index contributed by atoms with van der Waals surface area (Å²) in [6.07, 6.45) is 5.74. The van der Waals surface area contributed by atoms with E-state index in [1.165, 1.54) is 5.56 Å². The van der Waals surface area contributed by atoms with E-state index in [1.54, 1.807) is 6.20 Å². The first kappa shape index (κ1) is 17.9. The minimum absolute atomic E-state index is 0. The number of benzene rings is 1. The van der Waals surface area contributed by atoms with E-state index < -0.39 is 0 Å². The lowest BCUT2D eigenvalue weighted by atomic mass is 9.98. The van der Waals surface area contributed by atoms with Gasteiger partial charge >= 0.3 is 0 Å². The van der Waals surface area contributed by atoms with Gasteiger partial charge in [-0.15, -0.1) is 12.4 Å². The molecule has 3 atom stereocenters. The van der Waals surface area contributed by atoms with Crippen molar-refractivity contribution in [3.8, 4) is 11.1 Å². The summed E-state index contributed by atoms with van der Waals surface area (Å²) in [6.45, 7) is 3.70. The zero-order valence-corrected chi connectivity index (χ0v) is 15.2. The highest BCUT2D eigenvalue weighted by Gasteiger charge is 2.42. The predicted octanol–water partition coefficient (Wildman–Crippen LogP) is 3.29. The van der Waals surface area contributed by atoms with Gasteiger partial charge in [0.2, 0.25) is 0 Å². The Morgan fingerprint density at radius 1 is 1.16 bits per heavy atom. The Labute approximate surface area is 154 Å². The van der Waals surface area contributed by atoms with Gasteiger partial charge in [-0.1, -0.05) is 29.8 Å². The van der Waals surface area contributed by atoms with Crippen molar-refractivity contribution >= 4 is 18.3 Å². The van der Waals surface area contributed by atoms with E-state index in [4.69, 9.17) is 5.73 Å². The fourth-order valence-corrected chi connectivity index (χ4v) is 4.20. The average molecular weight is 358 g/mol. The number of pyridine rings is 1. The van der Waals surface area contributed by atoms with E-state index >= 15 is 0 Å². The van der Waals surface area contributed by atoms with Gasteiger partial charge in [0.05, 0.1) is 5.56 Å². The van der Waals surface area contributed by atoms with Crippen LogP contribution in [0.25, 0.3) is 11.1 Å². The molecule has 1 aliphatic heterocycles. The highest BCUT2D eigenvalue weighted by Crippen LogP contribution is 2.37. The smallest absolute Gasteiger partial charge is 0.255 e. The van der Waals surface area contributed by atoms with E-state index in [2.05, 4.69) is 30.1 Å². The Bertz CT molecular complexity index is 779. The summed E-state index contributed by atoms with van der Waals surface area (Å²) >= 11 is 0. The maximum absolute atomic E-state index is 12.9. The summed E-state index contributed by atoms with van der Waals surface area (Å²) in [5, 5.41) is 0. The molecule has 3 unspecified atom stereocenters. The summed E-state index contributed by atoms with van der Waals surface area (Å²) in [5.74, 6) is 1.14.